The second kappa shape index (κ2) is 6.10. The Hall–Kier alpha value is -1.65. The quantitative estimate of drug-likeness (QED) is 0.370. The van der Waals surface area contributed by atoms with Gasteiger partial charge in [-0.05, 0) is 25.3 Å². The normalized spacial score (nSPS) is 33.3. The largest absolute Gasteiger partial charge is 0.632 e. The molecule has 0 N–H and O–H groups in total. The van der Waals surface area contributed by atoms with Gasteiger partial charge in [0, 0.05) is 11.5 Å². The SMILES string of the molecule is C=C1C2CCCC1(C(=O)OCC)C[N+]([O-])(Cc1ccccc1)C2. The molecule has 0 radical (unpaired) electrons. The Kier molecular flexibility index (Phi) is 4.30. The molecular weight excluding hydrogens is 290 g/mol. The topological polar surface area (TPSA) is 49.4 Å². The third kappa shape index (κ3) is 2.93. The van der Waals surface area contributed by atoms with E-state index in [4.69, 9.17) is 4.74 Å². The van der Waals surface area contributed by atoms with Crippen molar-refractivity contribution in [2.45, 2.75) is 32.7 Å². The molecule has 1 saturated carbocycles. The summed E-state index contributed by atoms with van der Waals surface area (Å²) >= 11 is 0. The third-order valence-corrected chi connectivity index (χ3v) is 5.35. The van der Waals surface area contributed by atoms with Crippen LogP contribution in [0.15, 0.2) is 42.5 Å². The average Bonchev–Trinajstić information content (AvgIpc) is 2.50. The van der Waals surface area contributed by atoms with Crippen LogP contribution in [0.25, 0.3) is 0 Å². The number of carbonyl (C=O) groups is 1. The van der Waals surface area contributed by atoms with Crippen LogP contribution in [-0.2, 0) is 16.1 Å². The van der Waals surface area contributed by atoms with Crippen molar-refractivity contribution in [1.82, 2.24) is 0 Å². The van der Waals surface area contributed by atoms with Crippen molar-refractivity contribution in [2.75, 3.05) is 19.7 Å². The zero-order chi connectivity index (χ0) is 16.5. The van der Waals surface area contributed by atoms with Gasteiger partial charge in [-0.15, -0.1) is 0 Å². The maximum absolute atomic E-state index is 13.5. The van der Waals surface area contributed by atoms with E-state index in [9.17, 15) is 10.0 Å². The summed E-state index contributed by atoms with van der Waals surface area (Å²) < 4.78 is 4.97. The van der Waals surface area contributed by atoms with E-state index in [1.807, 2.05) is 37.3 Å². The standard InChI is InChI=1S/C19H25NO3/c1-3-23-18(21)19-11-7-10-17(15(19)2)13-20(22,14-19)12-16-8-5-4-6-9-16/h4-6,8-9,17H,2-3,7,10-14H2,1H3. The lowest BCUT2D eigenvalue weighted by atomic mass is 9.63. The van der Waals surface area contributed by atoms with Crippen molar-refractivity contribution in [1.29, 1.82) is 0 Å². The molecule has 124 valence electrons. The lowest BCUT2D eigenvalue weighted by molar-refractivity contribution is -0.906. The maximum atomic E-state index is 13.5. The van der Waals surface area contributed by atoms with E-state index in [-0.39, 0.29) is 23.1 Å². The fraction of sp³-hybridized carbons (Fsp3) is 0.526. The predicted octanol–water partition coefficient (Wildman–Crippen LogP) is 3.42. The molecule has 2 bridgehead atoms. The number of hydrogen-bond acceptors (Lipinski definition) is 3. The van der Waals surface area contributed by atoms with Gasteiger partial charge >= 0.3 is 5.97 Å². The van der Waals surface area contributed by atoms with Crippen molar-refractivity contribution in [3.05, 3.63) is 53.3 Å². The molecule has 4 nitrogen and oxygen atoms in total. The van der Waals surface area contributed by atoms with Gasteiger partial charge in [0.2, 0.25) is 0 Å². The van der Waals surface area contributed by atoms with Gasteiger partial charge in [-0.25, -0.2) is 0 Å². The third-order valence-electron chi connectivity index (χ3n) is 5.35. The summed E-state index contributed by atoms with van der Waals surface area (Å²) in [5.41, 5.74) is 1.17. The Balaban J connectivity index is 1.90. The molecule has 0 spiro atoms. The molecule has 0 amide bonds. The van der Waals surface area contributed by atoms with Crippen molar-refractivity contribution in [3.8, 4) is 0 Å². The molecule has 3 atom stereocenters. The molecule has 1 saturated heterocycles. The highest BCUT2D eigenvalue weighted by Gasteiger charge is 2.55. The molecular formula is C19H25NO3. The molecule has 3 unspecified atom stereocenters. The van der Waals surface area contributed by atoms with Crippen LogP contribution < -0.4 is 0 Å². The van der Waals surface area contributed by atoms with Crippen LogP contribution in [0.2, 0.25) is 0 Å². The summed E-state index contributed by atoms with van der Waals surface area (Å²) in [4.78, 5) is 12.6. The number of hydrogen-bond donors (Lipinski definition) is 0. The minimum atomic E-state index is -0.784. The van der Waals surface area contributed by atoms with Gasteiger partial charge in [0.25, 0.3) is 0 Å². The van der Waals surface area contributed by atoms with Gasteiger partial charge in [0.1, 0.15) is 12.0 Å². The predicted molar refractivity (Wildman–Crippen MR) is 89.1 cm³/mol. The van der Waals surface area contributed by atoms with Gasteiger partial charge in [0.05, 0.1) is 19.7 Å². The lowest BCUT2D eigenvalue weighted by Crippen LogP contribution is -2.61. The zero-order valence-electron chi connectivity index (χ0n) is 13.8. The molecule has 1 aliphatic carbocycles. The van der Waals surface area contributed by atoms with Crippen molar-refractivity contribution in [3.63, 3.8) is 0 Å². The number of esters is 1. The number of carbonyl (C=O) groups excluding carboxylic acids is 1. The van der Waals surface area contributed by atoms with E-state index in [0.29, 0.717) is 26.1 Å². The number of ether oxygens (including phenoxy) is 1. The van der Waals surface area contributed by atoms with E-state index < -0.39 is 5.41 Å². The number of rotatable bonds is 4. The maximum Gasteiger partial charge on any atom is 0.322 e. The van der Waals surface area contributed by atoms with Gasteiger partial charge in [-0.3, -0.25) is 4.79 Å². The smallest absolute Gasteiger partial charge is 0.322 e. The number of likely N-dealkylation sites (tertiary alicyclic amines) is 1. The first-order chi connectivity index (χ1) is 11.0. The van der Waals surface area contributed by atoms with E-state index in [2.05, 4.69) is 6.58 Å². The fourth-order valence-corrected chi connectivity index (χ4v) is 4.32. The van der Waals surface area contributed by atoms with E-state index >= 15 is 0 Å². The minimum absolute atomic E-state index is 0.128. The molecule has 1 aromatic carbocycles. The summed E-state index contributed by atoms with van der Waals surface area (Å²) in [6, 6.07) is 9.81. The minimum Gasteiger partial charge on any atom is -0.632 e. The number of piperidine rings is 1. The van der Waals surface area contributed by atoms with Crippen molar-refractivity contribution >= 4 is 5.97 Å². The molecule has 23 heavy (non-hydrogen) atoms. The fourth-order valence-electron chi connectivity index (χ4n) is 4.32. The van der Waals surface area contributed by atoms with Crippen molar-refractivity contribution < 1.29 is 14.2 Å². The zero-order valence-corrected chi connectivity index (χ0v) is 13.8. The molecule has 3 rings (SSSR count). The first-order valence-corrected chi connectivity index (χ1v) is 8.47. The first kappa shape index (κ1) is 16.2. The van der Waals surface area contributed by atoms with Crippen LogP contribution in [0.5, 0.6) is 0 Å². The Labute approximate surface area is 137 Å². The molecule has 0 aromatic heterocycles. The number of hydroxylamine groups is 3. The van der Waals surface area contributed by atoms with Gasteiger partial charge in [-0.1, -0.05) is 43.3 Å². The van der Waals surface area contributed by atoms with Crippen LogP contribution >= 0.6 is 0 Å². The monoisotopic (exact) mass is 315 g/mol. The molecule has 4 heteroatoms. The molecule has 1 aliphatic heterocycles. The number of quaternary nitrogens is 1. The van der Waals surface area contributed by atoms with E-state index in [1.165, 1.54) is 0 Å². The van der Waals surface area contributed by atoms with Crippen molar-refractivity contribution in [2.24, 2.45) is 11.3 Å². The number of nitrogens with zero attached hydrogens (tertiary/aromatic N) is 1. The highest BCUT2D eigenvalue weighted by molar-refractivity contribution is 5.81. The highest BCUT2D eigenvalue weighted by Crippen LogP contribution is 2.50. The highest BCUT2D eigenvalue weighted by atomic mass is 16.6. The Morgan fingerprint density at radius 2 is 2.17 bits per heavy atom. The average molecular weight is 315 g/mol. The molecule has 2 aliphatic rings. The Morgan fingerprint density at radius 3 is 2.87 bits per heavy atom. The second-order valence-electron chi connectivity index (χ2n) is 6.96. The van der Waals surface area contributed by atoms with E-state index in [0.717, 1.165) is 24.0 Å². The van der Waals surface area contributed by atoms with Crippen LogP contribution in [0.1, 0.15) is 31.7 Å². The Morgan fingerprint density at radius 1 is 1.43 bits per heavy atom. The molecule has 1 aromatic rings. The summed E-state index contributed by atoms with van der Waals surface area (Å²) in [7, 11) is 0. The van der Waals surface area contributed by atoms with Crippen LogP contribution in [-0.4, -0.2) is 30.3 Å². The summed E-state index contributed by atoms with van der Waals surface area (Å²) in [5.74, 6) is -0.121. The molecule has 1 heterocycles. The van der Waals surface area contributed by atoms with Crippen LogP contribution in [0, 0.1) is 16.5 Å². The molecule has 2 fully saturated rings. The van der Waals surface area contributed by atoms with Crippen LogP contribution in [0.4, 0.5) is 0 Å². The van der Waals surface area contributed by atoms with Gasteiger partial charge in [0.15, 0.2) is 0 Å². The van der Waals surface area contributed by atoms with Gasteiger partial charge in [-0.2, -0.15) is 0 Å². The summed E-state index contributed by atoms with van der Waals surface area (Å²) in [6.07, 6.45) is 2.61. The van der Waals surface area contributed by atoms with Gasteiger partial charge < -0.3 is 14.6 Å². The van der Waals surface area contributed by atoms with E-state index in [1.54, 1.807) is 0 Å². The van der Waals surface area contributed by atoms with Crippen LogP contribution in [0.3, 0.4) is 0 Å². The first-order valence-electron chi connectivity index (χ1n) is 8.47. The Bertz CT molecular complexity index is 600. The second-order valence-corrected chi connectivity index (χ2v) is 6.96. The number of fused-ring (bicyclic) bond motifs is 2. The summed E-state index contributed by atoms with van der Waals surface area (Å²) in [6.45, 7) is 7.54. The lowest BCUT2D eigenvalue weighted by Gasteiger charge is -2.57. The summed E-state index contributed by atoms with van der Waals surface area (Å²) in [5, 5.41) is 13.5. The number of benzene rings is 1.